The van der Waals surface area contributed by atoms with Crippen LogP contribution in [0.15, 0.2) is 48.8 Å². The molecule has 98 valence electrons. The Bertz CT molecular complexity index is 555. The number of hydrogen-bond donors (Lipinski definition) is 2. The lowest BCUT2D eigenvalue weighted by Gasteiger charge is -2.14. The first kappa shape index (κ1) is 13.2. The third-order valence-corrected chi connectivity index (χ3v) is 2.99. The number of nitrogens with zero attached hydrogens (tertiary/aromatic N) is 1. The fourth-order valence-electron chi connectivity index (χ4n) is 1.86. The summed E-state index contributed by atoms with van der Waals surface area (Å²) in [4.78, 5) is 14.9. The second-order valence-corrected chi connectivity index (χ2v) is 4.39. The van der Waals surface area contributed by atoms with Crippen LogP contribution in [-0.2, 0) is 6.54 Å². The van der Waals surface area contributed by atoms with E-state index in [-0.39, 0.29) is 6.04 Å². The first-order valence-electron chi connectivity index (χ1n) is 6.12. The van der Waals surface area contributed by atoms with E-state index in [0.717, 1.165) is 11.1 Å². The highest BCUT2D eigenvalue weighted by Gasteiger charge is 2.06. The van der Waals surface area contributed by atoms with Gasteiger partial charge < -0.3 is 10.4 Å². The zero-order chi connectivity index (χ0) is 13.7. The molecular formula is C15H16N2O2. The zero-order valence-corrected chi connectivity index (χ0v) is 10.7. The van der Waals surface area contributed by atoms with Gasteiger partial charge in [0.25, 0.3) is 0 Å². The van der Waals surface area contributed by atoms with E-state index in [1.54, 1.807) is 30.6 Å². The number of carbonyl (C=O) groups is 1. The molecule has 2 rings (SSSR count). The monoisotopic (exact) mass is 256 g/mol. The quantitative estimate of drug-likeness (QED) is 0.863. The van der Waals surface area contributed by atoms with Crippen molar-refractivity contribution in [3.8, 4) is 0 Å². The molecule has 0 aliphatic rings. The van der Waals surface area contributed by atoms with Crippen LogP contribution in [0.1, 0.15) is 34.5 Å². The van der Waals surface area contributed by atoms with Crippen molar-refractivity contribution < 1.29 is 9.90 Å². The molecule has 0 aliphatic heterocycles. The van der Waals surface area contributed by atoms with Crippen molar-refractivity contribution in [2.75, 3.05) is 0 Å². The molecule has 19 heavy (non-hydrogen) atoms. The molecule has 1 aromatic carbocycles. The second-order valence-electron chi connectivity index (χ2n) is 4.39. The van der Waals surface area contributed by atoms with Crippen LogP contribution >= 0.6 is 0 Å². The van der Waals surface area contributed by atoms with Crippen molar-refractivity contribution in [3.05, 3.63) is 65.5 Å². The predicted molar refractivity (Wildman–Crippen MR) is 72.9 cm³/mol. The number of benzene rings is 1. The molecule has 0 radical (unpaired) electrons. The van der Waals surface area contributed by atoms with Gasteiger partial charge in [-0.25, -0.2) is 4.79 Å². The smallest absolute Gasteiger partial charge is 0.335 e. The maximum Gasteiger partial charge on any atom is 0.335 e. The lowest BCUT2D eigenvalue weighted by atomic mass is 10.1. The van der Waals surface area contributed by atoms with Crippen LogP contribution in [-0.4, -0.2) is 16.1 Å². The molecule has 4 heteroatoms. The zero-order valence-electron chi connectivity index (χ0n) is 10.7. The predicted octanol–water partition coefficient (Wildman–Crippen LogP) is 2.63. The SMILES string of the molecule is C[C@@H](NCc1cccc(C(=O)O)c1)c1ccncc1. The van der Waals surface area contributed by atoms with Gasteiger partial charge in [-0.1, -0.05) is 12.1 Å². The van der Waals surface area contributed by atoms with E-state index in [0.29, 0.717) is 12.1 Å². The van der Waals surface area contributed by atoms with Crippen molar-refractivity contribution in [1.29, 1.82) is 0 Å². The summed E-state index contributed by atoms with van der Waals surface area (Å²) in [7, 11) is 0. The Morgan fingerprint density at radius 2 is 2.05 bits per heavy atom. The van der Waals surface area contributed by atoms with Crippen molar-refractivity contribution in [3.63, 3.8) is 0 Å². The van der Waals surface area contributed by atoms with Crippen LogP contribution in [0.4, 0.5) is 0 Å². The number of carboxylic acids is 1. The van der Waals surface area contributed by atoms with E-state index in [4.69, 9.17) is 5.11 Å². The molecule has 0 aliphatic carbocycles. The third kappa shape index (κ3) is 3.63. The van der Waals surface area contributed by atoms with Gasteiger partial charge in [0.05, 0.1) is 5.56 Å². The molecule has 2 N–H and O–H groups in total. The van der Waals surface area contributed by atoms with Crippen molar-refractivity contribution in [2.24, 2.45) is 0 Å². The fraction of sp³-hybridized carbons (Fsp3) is 0.200. The molecule has 1 heterocycles. The molecule has 0 unspecified atom stereocenters. The standard InChI is InChI=1S/C15H16N2O2/c1-11(13-5-7-16-8-6-13)17-10-12-3-2-4-14(9-12)15(18)19/h2-9,11,17H,10H2,1H3,(H,18,19)/t11-/m1/s1. The molecule has 0 spiro atoms. The Kier molecular flexibility index (Phi) is 4.26. The lowest BCUT2D eigenvalue weighted by Crippen LogP contribution is -2.18. The number of hydrogen-bond acceptors (Lipinski definition) is 3. The maximum absolute atomic E-state index is 10.9. The van der Waals surface area contributed by atoms with Crippen molar-refractivity contribution in [1.82, 2.24) is 10.3 Å². The average Bonchev–Trinajstić information content (AvgIpc) is 2.46. The van der Waals surface area contributed by atoms with Gasteiger partial charge in [0, 0.05) is 25.0 Å². The minimum absolute atomic E-state index is 0.191. The van der Waals surface area contributed by atoms with E-state index in [9.17, 15) is 4.79 Å². The van der Waals surface area contributed by atoms with Crippen LogP contribution in [0.3, 0.4) is 0 Å². The summed E-state index contributed by atoms with van der Waals surface area (Å²) in [5.41, 5.74) is 2.43. The summed E-state index contributed by atoms with van der Waals surface area (Å²) < 4.78 is 0. The summed E-state index contributed by atoms with van der Waals surface area (Å²) in [6.07, 6.45) is 3.52. The molecule has 0 bridgehead atoms. The summed E-state index contributed by atoms with van der Waals surface area (Å²) >= 11 is 0. The summed E-state index contributed by atoms with van der Waals surface area (Å²) in [5.74, 6) is -0.899. The minimum Gasteiger partial charge on any atom is -0.478 e. The molecule has 2 aromatic rings. The van der Waals surface area contributed by atoms with Crippen LogP contribution < -0.4 is 5.32 Å². The van der Waals surface area contributed by atoms with Crippen molar-refractivity contribution >= 4 is 5.97 Å². The van der Waals surface area contributed by atoms with Crippen molar-refractivity contribution in [2.45, 2.75) is 19.5 Å². The highest BCUT2D eigenvalue weighted by molar-refractivity contribution is 5.87. The van der Waals surface area contributed by atoms with Crippen LogP contribution in [0.2, 0.25) is 0 Å². The maximum atomic E-state index is 10.9. The van der Waals surface area contributed by atoms with E-state index < -0.39 is 5.97 Å². The van der Waals surface area contributed by atoms with Gasteiger partial charge in [0.15, 0.2) is 0 Å². The average molecular weight is 256 g/mol. The highest BCUT2D eigenvalue weighted by Crippen LogP contribution is 2.12. The number of nitrogens with one attached hydrogen (secondary N) is 1. The van der Waals surface area contributed by atoms with Gasteiger partial charge in [-0.05, 0) is 42.3 Å². The molecule has 4 nitrogen and oxygen atoms in total. The molecule has 0 fully saturated rings. The van der Waals surface area contributed by atoms with E-state index in [2.05, 4.69) is 17.2 Å². The largest absolute Gasteiger partial charge is 0.478 e. The molecule has 0 saturated carbocycles. The Morgan fingerprint density at radius 3 is 2.74 bits per heavy atom. The van der Waals surface area contributed by atoms with Crippen LogP contribution in [0.5, 0.6) is 0 Å². The fourth-order valence-corrected chi connectivity index (χ4v) is 1.86. The van der Waals surface area contributed by atoms with Gasteiger partial charge in [0.1, 0.15) is 0 Å². The van der Waals surface area contributed by atoms with Gasteiger partial charge in [0.2, 0.25) is 0 Å². The highest BCUT2D eigenvalue weighted by atomic mass is 16.4. The van der Waals surface area contributed by atoms with Crippen LogP contribution in [0, 0.1) is 0 Å². The first-order valence-corrected chi connectivity index (χ1v) is 6.12. The Labute approximate surface area is 112 Å². The molecule has 0 amide bonds. The summed E-state index contributed by atoms with van der Waals surface area (Å²) in [6.45, 7) is 2.70. The number of pyridine rings is 1. The Hall–Kier alpha value is -2.20. The topological polar surface area (TPSA) is 62.2 Å². The number of rotatable bonds is 5. The number of aromatic nitrogens is 1. The number of carboxylic acid groups (broad SMARTS) is 1. The normalized spacial score (nSPS) is 12.1. The van der Waals surface area contributed by atoms with Gasteiger partial charge in [-0.3, -0.25) is 4.98 Å². The van der Waals surface area contributed by atoms with Gasteiger partial charge in [-0.2, -0.15) is 0 Å². The molecule has 1 aromatic heterocycles. The summed E-state index contributed by atoms with van der Waals surface area (Å²) in [5, 5.41) is 12.3. The van der Waals surface area contributed by atoms with E-state index >= 15 is 0 Å². The van der Waals surface area contributed by atoms with E-state index in [1.807, 2.05) is 18.2 Å². The lowest BCUT2D eigenvalue weighted by molar-refractivity contribution is 0.0696. The van der Waals surface area contributed by atoms with Gasteiger partial charge in [-0.15, -0.1) is 0 Å². The van der Waals surface area contributed by atoms with Crippen LogP contribution in [0.25, 0.3) is 0 Å². The second kappa shape index (κ2) is 6.11. The Morgan fingerprint density at radius 1 is 1.32 bits per heavy atom. The molecule has 1 atom stereocenters. The third-order valence-electron chi connectivity index (χ3n) is 2.99. The van der Waals surface area contributed by atoms with Gasteiger partial charge >= 0.3 is 5.97 Å². The summed E-state index contributed by atoms with van der Waals surface area (Å²) in [6, 6.07) is 11.1. The van der Waals surface area contributed by atoms with E-state index in [1.165, 1.54) is 0 Å². The first-order chi connectivity index (χ1) is 9.16. The molecular weight excluding hydrogens is 240 g/mol. The Balaban J connectivity index is 1.99. The number of aromatic carboxylic acids is 1. The minimum atomic E-state index is -0.899. The molecule has 0 saturated heterocycles.